The number of furan rings is 1. The van der Waals surface area contributed by atoms with Crippen LogP contribution < -0.4 is 0 Å². The molecule has 3 aromatic heterocycles. The molecule has 0 saturated heterocycles. The van der Waals surface area contributed by atoms with Crippen molar-refractivity contribution in [2.45, 2.75) is 6.61 Å². The monoisotopic (exact) mass is 276 g/mol. The summed E-state index contributed by atoms with van der Waals surface area (Å²) in [7, 11) is 0. The summed E-state index contributed by atoms with van der Waals surface area (Å²) < 4.78 is 10.3. The largest absolute Gasteiger partial charge is 0.463 e. The van der Waals surface area contributed by atoms with Gasteiger partial charge in [-0.15, -0.1) is 21.5 Å². The van der Waals surface area contributed by atoms with Gasteiger partial charge in [0.15, 0.2) is 10.8 Å². The predicted molar refractivity (Wildman–Crippen MR) is 65.3 cm³/mol. The Morgan fingerprint density at radius 2 is 2.47 bits per heavy atom. The van der Waals surface area contributed by atoms with Gasteiger partial charge in [0.05, 0.1) is 6.26 Å². The van der Waals surface area contributed by atoms with Gasteiger partial charge in [-0.05, 0) is 12.1 Å². The molecule has 0 amide bonds. The van der Waals surface area contributed by atoms with Gasteiger partial charge in [-0.25, -0.2) is 4.79 Å². The molecule has 3 heterocycles. The second kappa shape index (κ2) is 5.02. The first-order chi connectivity index (χ1) is 9.33. The Balaban J connectivity index is 1.67. The highest BCUT2D eigenvalue weighted by Gasteiger charge is 2.14. The number of aromatic nitrogens is 4. The van der Waals surface area contributed by atoms with Crippen LogP contribution in [0.3, 0.4) is 0 Å². The maximum absolute atomic E-state index is 11.8. The zero-order valence-corrected chi connectivity index (χ0v) is 10.4. The average Bonchev–Trinajstić information content (AvgIpc) is 3.14. The van der Waals surface area contributed by atoms with E-state index in [1.807, 2.05) is 0 Å². The third-order valence-corrected chi connectivity index (χ3v) is 2.97. The normalized spacial score (nSPS) is 10.5. The third kappa shape index (κ3) is 2.52. The fraction of sp³-hybridized carbons (Fsp3) is 0.0909. The average molecular weight is 276 g/mol. The predicted octanol–water partition coefficient (Wildman–Crippen LogP) is 1.88. The number of aromatic amines is 1. The highest BCUT2D eigenvalue weighted by molar-refractivity contribution is 7.09. The van der Waals surface area contributed by atoms with Crippen LogP contribution in [0.4, 0.5) is 0 Å². The van der Waals surface area contributed by atoms with Crippen LogP contribution >= 0.6 is 11.3 Å². The fourth-order valence-corrected chi connectivity index (χ4v) is 1.88. The van der Waals surface area contributed by atoms with Crippen molar-refractivity contribution < 1.29 is 13.9 Å². The molecule has 1 N–H and O–H groups in total. The molecule has 3 rings (SSSR count). The topological polar surface area (TPSA) is 93.9 Å². The molecular weight excluding hydrogens is 268 g/mol. The smallest absolute Gasteiger partial charge is 0.356 e. The van der Waals surface area contributed by atoms with Crippen molar-refractivity contribution in [3.63, 3.8) is 0 Å². The summed E-state index contributed by atoms with van der Waals surface area (Å²) in [6.07, 6.45) is 1.54. The molecule has 0 fully saturated rings. The van der Waals surface area contributed by atoms with Crippen molar-refractivity contribution in [3.05, 3.63) is 40.7 Å². The van der Waals surface area contributed by atoms with E-state index in [0.717, 1.165) is 0 Å². The fourth-order valence-electron chi connectivity index (χ4n) is 1.44. The summed E-state index contributed by atoms with van der Waals surface area (Å²) in [6, 6.07) is 5.07. The molecular formula is C11H8N4O3S. The minimum Gasteiger partial charge on any atom is -0.463 e. The number of carbonyl (C=O) groups is 1. The lowest BCUT2D eigenvalue weighted by Gasteiger charge is -1.98. The standard InChI is InChI=1S/C11H8N4O3S/c16-11(18-5-10-15-12-6-19-10)8-4-7(13-14-8)9-2-1-3-17-9/h1-4,6H,5H2,(H,13,14). The van der Waals surface area contributed by atoms with Crippen molar-refractivity contribution in [3.8, 4) is 11.5 Å². The highest BCUT2D eigenvalue weighted by atomic mass is 32.1. The molecule has 0 aliphatic rings. The zero-order valence-electron chi connectivity index (χ0n) is 9.57. The minimum atomic E-state index is -0.500. The van der Waals surface area contributed by atoms with Gasteiger partial charge in [-0.2, -0.15) is 5.10 Å². The number of hydrogen-bond acceptors (Lipinski definition) is 7. The maximum atomic E-state index is 11.8. The molecule has 7 nitrogen and oxygen atoms in total. The summed E-state index contributed by atoms with van der Waals surface area (Å²) in [4.78, 5) is 11.8. The molecule has 96 valence electrons. The number of H-pyrrole nitrogens is 1. The molecule has 8 heteroatoms. The molecule has 0 bridgehead atoms. The number of ether oxygens (including phenoxy) is 1. The van der Waals surface area contributed by atoms with Crippen molar-refractivity contribution >= 4 is 17.3 Å². The molecule has 0 aliphatic heterocycles. The molecule has 0 aromatic carbocycles. The zero-order chi connectivity index (χ0) is 13.1. The second-order valence-electron chi connectivity index (χ2n) is 3.55. The van der Waals surface area contributed by atoms with E-state index in [9.17, 15) is 4.79 Å². The minimum absolute atomic E-state index is 0.0958. The van der Waals surface area contributed by atoms with Gasteiger partial charge in [0.1, 0.15) is 23.5 Å². The number of rotatable bonds is 4. The van der Waals surface area contributed by atoms with Crippen LogP contribution in [0.2, 0.25) is 0 Å². The van der Waals surface area contributed by atoms with Crippen LogP contribution in [0, 0.1) is 0 Å². The molecule has 0 saturated carbocycles. The Morgan fingerprint density at radius 1 is 1.53 bits per heavy atom. The number of carbonyl (C=O) groups excluding carboxylic acids is 1. The van der Waals surface area contributed by atoms with Crippen LogP contribution in [-0.4, -0.2) is 26.4 Å². The molecule has 0 aliphatic carbocycles. The Labute approximate surface area is 111 Å². The Hall–Kier alpha value is -2.48. The number of esters is 1. The molecule has 19 heavy (non-hydrogen) atoms. The third-order valence-electron chi connectivity index (χ3n) is 2.30. The number of nitrogens with zero attached hydrogens (tertiary/aromatic N) is 3. The second-order valence-corrected chi connectivity index (χ2v) is 4.47. The maximum Gasteiger partial charge on any atom is 0.356 e. The first-order valence-corrected chi connectivity index (χ1v) is 6.22. The van der Waals surface area contributed by atoms with E-state index in [-0.39, 0.29) is 12.3 Å². The van der Waals surface area contributed by atoms with E-state index >= 15 is 0 Å². The molecule has 0 radical (unpaired) electrons. The van der Waals surface area contributed by atoms with Crippen LogP contribution in [0.15, 0.2) is 34.4 Å². The van der Waals surface area contributed by atoms with Gasteiger partial charge >= 0.3 is 5.97 Å². The van der Waals surface area contributed by atoms with Crippen molar-refractivity contribution in [1.29, 1.82) is 0 Å². The van der Waals surface area contributed by atoms with Gasteiger partial charge < -0.3 is 9.15 Å². The lowest BCUT2D eigenvalue weighted by molar-refractivity contribution is 0.0464. The van der Waals surface area contributed by atoms with Crippen LogP contribution in [0.5, 0.6) is 0 Å². The van der Waals surface area contributed by atoms with Gasteiger partial charge in [0.2, 0.25) is 0 Å². The first-order valence-electron chi connectivity index (χ1n) is 5.34. The molecule has 0 unspecified atom stereocenters. The van der Waals surface area contributed by atoms with Gasteiger partial charge in [-0.3, -0.25) is 5.10 Å². The lowest BCUT2D eigenvalue weighted by atomic mass is 10.3. The quantitative estimate of drug-likeness (QED) is 0.731. The number of nitrogens with one attached hydrogen (secondary N) is 1. The van der Waals surface area contributed by atoms with E-state index in [1.54, 1.807) is 23.7 Å². The van der Waals surface area contributed by atoms with Crippen molar-refractivity contribution in [2.75, 3.05) is 0 Å². The SMILES string of the molecule is O=C(OCc1nncs1)c1cc(-c2ccco2)n[nH]1. The van der Waals surface area contributed by atoms with Crippen LogP contribution in [0.1, 0.15) is 15.5 Å². The van der Waals surface area contributed by atoms with Crippen LogP contribution in [0.25, 0.3) is 11.5 Å². The summed E-state index contributed by atoms with van der Waals surface area (Å²) in [5.74, 6) is 0.0833. The van der Waals surface area contributed by atoms with Crippen molar-refractivity contribution in [1.82, 2.24) is 20.4 Å². The summed E-state index contributed by atoms with van der Waals surface area (Å²) >= 11 is 1.32. The van der Waals surface area contributed by atoms with Gasteiger partial charge in [-0.1, -0.05) is 0 Å². The van der Waals surface area contributed by atoms with E-state index in [0.29, 0.717) is 16.5 Å². The summed E-state index contributed by atoms with van der Waals surface area (Å²) in [6.45, 7) is 0.0958. The molecule has 0 atom stereocenters. The lowest BCUT2D eigenvalue weighted by Crippen LogP contribution is -2.05. The van der Waals surface area contributed by atoms with E-state index in [4.69, 9.17) is 9.15 Å². The Morgan fingerprint density at radius 3 is 3.21 bits per heavy atom. The van der Waals surface area contributed by atoms with E-state index in [1.165, 1.54) is 17.6 Å². The molecule has 0 spiro atoms. The Kier molecular flexibility index (Phi) is 3.07. The van der Waals surface area contributed by atoms with E-state index < -0.39 is 5.97 Å². The highest BCUT2D eigenvalue weighted by Crippen LogP contribution is 2.18. The summed E-state index contributed by atoms with van der Waals surface area (Å²) in [5.41, 5.74) is 2.39. The Bertz CT molecular complexity index is 660. The van der Waals surface area contributed by atoms with E-state index in [2.05, 4.69) is 20.4 Å². The number of hydrogen-bond donors (Lipinski definition) is 1. The van der Waals surface area contributed by atoms with Crippen LogP contribution in [-0.2, 0) is 11.3 Å². The van der Waals surface area contributed by atoms with Crippen molar-refractivity contribution in [2.24, 2.45) is 0 Å². The van der Waals surface area contributed by atoms with Gasteiger partial charge in [0.25, 0.3) is 0 Å². The van der Waals surface area contributed by atoms with Gasteiger partial charge in [0, 0.05) is 6.07 Å². The molecule has 3 aromatic rings. The first kappa shape index (κ1) is 11.6. The summed E-state index contributed by atoms with van der Waals surface area (Å²) in [5, 5.41) is 14.7.